The molecule has 0 radical (unpaired) electrons. The van der Waals surface area contributed by atoms with Crippen LogP contribution in [0.3, 0.4) is 0 Å². The molecule has 1 aliphatic rings. The summed E-state index contributed by atoms with van der Waals surface area (Å²) in [6.45, 7) is 4.62. The molecule has 0 spiro atoms. The van der Waals surface area contributed by atoms with E-state index in [1.165, 1.54) is 28.2 Å². The number of carbonyl (C=O) groups excluding carboxylic acids is 2. The van der Waals surface area contributed by atoms with Gasteiger partial charge in [-0.3, -0.25) is 19.7 Å². The van der Waals surface area contributed by atoms with Crippen LogP contribution in [0.5, 0.6) is 0 Å². The van der Waals surface area contributed by atoms with Crippen molar-refractivity contribution in [3.63, 3.8) is 0 Å². The zero-order valence-electron chi connectivity index (χ0n) is 16.2. The van der Waals surface area contributed by atoms with Crippen LogP contribution < -0.4 is 10.2 Å². The number of likely N-dealkylation sites (tertiary alicyclic amines) is 1. The van der Waals surface area contributed by atoms with Crippen molar-refractivity contribution in [1.29, 1.82) is 0 Å². The molecule has 2 amide bonds. The van der Waals surface area contributed by atoms with Crippen molar-refractivity contribution in [3.8, 4) is 0 Å². The molecule has 3 rings (SSSR count). The van der Waals surface area contributed by atoms with Gasteiger partial charge in [0.2, 0.25) is 5.91 Å². The number of aromatic nitrogens is 1. The molecule has 2 aromatic rings. The van der Waals surface area contributed by atoms with Gasteiger partial charge in [0.25, 0.3) is 11.6 Å². The number of quaternary nitrogens is 1. The molecule has 2 N–H and O–H groups in total. The van der Waals surface area contributed by atoms with Gasteiger partial charge in [0.15, 0.2) is 5.82 Å². The van der Waals surface area contributed by atoms with Gasteiger partial charge >= 0.3 is 0 Å². The van der Waals surface area contributed by atoms with Gasteiger partial charge in [-0.2, -0.15) is 0 Å². The van der Waals surface area contributed by atoms with Crippen molar-refractivity contribution in [2.75, 3.05) is 38.0 Å². The van der Waals surface area contributed by atoms with Crippen LogP contribution in [0.15, 0.2) is 35.1 Å². The number of anilines is 1. The Hall–Kier alpha value is -3.27. The highest BCUT2D eigenvalue weighted by molar-refractivity contribution is 5.99. The van der Waals surface area contributed by atoms with Crippen LogP contribution in [-0.2, 0) is 4.79 Å². The van der Waals surface area contributed by atoms with Gasteiger partial charge in [-0.15, -0.1) is 0 Å². The Morgan fingerprint density at radius 2 is 2.07 bits per heavy atom. The highest BCUT2D eigenvalue weighted by Crippen LogP contribution is 2.20. The maximum absolute atomic E-state index is 13.1. The van der Waals surface area contributed by atoms with E-state index in [1.54, 1.807) is 19.1 Å². The predicted molar refractivity (Wildman–Crippen MR) is 104 cm³/mol. The lowest BCUT2D eigenvalue weighted by Crippen LogP contribution is -3.10. The molecule has 1 fully saturated rings. The molecule has 0 unspecified atom stereocenters. The summed E-state index contributed by atoms with van der Waals surface area (Å²) in [6.07, 6.45) is 3.64. The SMILES string of the molecule is Cc1ccc(C(=O)N(CC[NH+]2CCCC2)CC(=O)Nc2ccon2)cc1[N+](=O)[O-]. The first-order valence-corrected chi connectivity index (χ1v) is 9.52. The number of nitro benzene ring substituents is 1. The van der Waals surface area contributed by atoms with Crippen LogP contribution in [-0.4, -0.2) is 59.5 Å². The van der Waals surface area contributed by atoms with Crippen molar-refractivity contribution in [2.24, 2.45) is 0 Å². The van der Waals surface area contributed by atoms with E-state index in [0.717, 1.165) is 32.5 Å². The third-order valence-electron chi connectivity index (χ3n) is 5.03. The van der Waals surface area contributed by atoms with E-state index < -0.39 is 16.7 Å². The molecule has 1 aromatic heterocycles. The molecule has 0 aliphatic carbocycles. The fraction of sp³-hybridized carbons (Fsp3) is 0.421. The van der Waals surface area contributed by atoms with Gasteiger partial charge in [0.1, 0.15) is 12.8 Å². The molecule has 1 saturated heterocycles. The van der Waals surface area contributed by atoms with E-state index in [1.807, 2.05) is 0 Å². The molecule has 2 heterocycles. The van der Waals surface area contributed by atoms with Crippen molar-refractivity contribution < 1.29 is 23.9 Å². The molecule has 1 aliphatic heterocycles. The van der Waals surface area contributed by atoms with Crippen LogP contribution in [0.2, 0.25) is 0 Å². The Morgan fingerprint density at radius 1 is 1.31 bits per heavy atom. The molecule has 10 nitrogen and oxygen atoms in total. The molecule has 1 aromatic carbocycles. The molecular formula is C19H24N5O5+. The highest BCUT2D eigenvalue weighted by atomic mass is 16.6. The summed E-state index contributed by atoms with van der Waals surface area (Å²) in [5, 5.41) is 17.4. The van der Waals surface area contributed by atoms with Gasteiger partial charge in [-0.05, 0) is 13.0 Å². The van der Waals surface area contributed by atoms with Crippen LogP contribution in [0, 0.1) is 17.0 Å². The van der Waals surface area contributed by atoms with E-state index in [9.17, 15) is 19.7 Å². The zero-order valence-corrected chi connectivity index (χ0v) is 16.2. The first-order chi connectivity index (χ1) is 13.9. The summed E-state index contributed by atoms with van der Waals surface area (Å²) in [6, 6.07) is 5.87. The summed E-state index contributed by atoms with van der Waals surface area (Å²) in [5.74, 6) is -0.564. The second-order valence-electron chi connectivity index (χ2n) is 7.13. The minimum atomic E-state index is -0.512. The summed E-state index contributed by atoms with van der Waals surface area (Å²) >= 11 is 0. The number of amides is 2. The van der Waals surface area contributed by atoms with Gasteiger partial charge in [-0.25, -0.2) is 0 Å². The lowest BCUT2D eigenvalue weighted by Gasteiger charge is -2.23. The van der Waals surface area contributed by atoms with Crippen molar-refractivity contribution >= 4 is 23.3 Å². The summed E-state index contributed by atoms with van der Waals surface area (Å²) in [5.41, 5.74) is 0.546. The monoisotopic (exact) mass is 402 g/mol. The standard InChI is InChI=1S/C19H23N5O5/c1-14-4-5-15(12-16(14)24(27)28)19(26)23(10-9-22-7-2-3-8-22)13-18(25)20-17-6-11-29-21-17/h4-6,11-12H,2-3,7-10,13H2,1H3,(H,20,21,25)/p+1. The van der Waals surface area contributed by atoms with Crippen LogP contribution in [0.25, 0.3) is 0 Å². The lowest BCUT2D eigenvalue weighted by molar-refractivity contribution is -0.886. The molecule has 10 heteroatoms. The van der Waals surface area contributed by atoms with Gasteiger partial charge in [-0.1, -0.05) is 11.2 Å². The zero-order chi connectivity index (χ0) is 20.8. The maximum atomic E-state index is 13.1. The van der Waals surface area contributed by atoms with E-state index in [0.29, 0.717) is 12.1 Å². The average molecular weight is 402 g/mol. The Labute approximate surface area is 167 Å². The first kappa shape index (κ1) is 20.5. The van der Waals surface area contributed by atoms with Crippen LogP contribution >= 0.6 is 0 Å². The van der Waals surface area contributed by atoms with Gasteiger partial charge < -0.3 is 19.6 Å². The van der Waals surface area contributed by atoms with Crippen molar-refractivity contribution in [2.45, 2.75) is 19.8 Å². The summed E-state index contributed by atoms with van der Waals surface area (Å²) in [7, 11) is 0. The highest BCUT2D eigenvalue weighted by Gasteiger charge is 2.24. The Kier molecular flexibility index (Phi) is 6.55. The Balaban J connectivity index is 1.75. The van der Waals surface area contributed by atoms with E-state index in [-0.39, 0.29) is 23.6 Å². The van der Waals surface area contributed by atoms with Crippen molar-refractivity contribution in [3.05, 3.63) is 51.8 Å². The maximum Gasteiger partial charge on any atom is 0.273 e. The average Bonchev–Trinajstić information content (AvgIpc) is 3.38. The fourth-order valence-corrected chi connectivity index (χ4v) is 3.42. The van der Waals surface area contributed by atoms with Crippen LogP contribution in [0.4, 0.5) is 11.5 Å². The Morgan fingerprint density at radius 3 is 2.72 bits per heavy atom. The second-order valence-corrected chi connectivity index (χ2v) is 7.13. The number of hydrogen-bond acceptors (Lipinski definition) is 6. The molecule has 0 saturated carbocycles. The van der Waals surface area contributed by atoms with Crippen LogP contribution in [0.1, 0.15) is 28.8 Å². The first-order valence-electron chi connectivity index (χ1n) is 9.52. The van der Waals surface area contributed by atoms with Gasteiger partial charge in [0, 0.05) is 36.1 Å². The number of nitrogens with one attached hydrogen (secondary N) is 2. The second kappa shape index (κ2) is 9.28. The summed E-state index contributed by atoms with van der Waals surface area (Å²) in [4.78, 5) is 39.0. The van der Waals surface area contributed by atoms with E-state index in [4.69, 9.17) is 0 Å². The van der Waals surface area contributed by atoms with Gasteiger partial charge in [0.05, 0.1) is 31.1 Å². The number of hydrogen-bond donors (Lipinski definition) is 2. The number of aryl methyl sites for hydroxylation is 1. The van der Waals surface area contributed by atoms with E-state index >= 15 is 0 Å². The number of nitro groups is 1. The fourth-order valence-electron chi connectivity index (χ4n) is 3.42. The molecule has 0 atom stereocenters. The smallest absolute Gasteiger partial charge is 0.273 e. The Bertz CT molecular complexity index is 877. The minimum absolute atomic E-state index is 0.118. The largest absolute Gasteiger partial charge is 0.363 e. The van der Waals surface area contributed by atoms with Crippen molar-refractivity contribution in [1.82, 2.24) is 10.1 Å². The van der Waals surface area contributed by atoms with E-state index in [2.05, 4.69) is 15.0 Å². The molecule has 0 bridgehead atoms. The number of nitrogens with zero attached hydrogens (tertiary/aromatic N) is 3. The number of benzene rings is 1. The third-order valence-corrected chi connectivity index (χ3v) is 5.03. The molecular weight excluding hydrogens is 378 g/mol. The number of carbonyl (C=O) groups is 2. The molecule has 154 valence electrons. The third kappa shape index (κ3) is 5.38. The molecule has 29 heavy (non-hydrogen) atoms. The summed E-state index contributed by atoms with van der Waals surface area (Å²) < 4.78 is 4.69. The predicted octanol–water partition coefficient (Wildman–Crippen LogP) is 0.651. The minimum Gasteiger partial charge on any atom is -0.363 e. The quantitative estimate of drug-likeness (QED) is 0.494. The number of rotatable bonds is 8. The lowest BCUT2D eigenvalue weighted by atomic mass is 10.1. The topological polar surface area (TPSA) is 123 Å². The normalized spacial score (nSPS) is 14.0.